The molecular formula is C20H18N6O. The summed E-state index contributed by atoms with van der Waals surface area (Å²) in [6, 6.07) is 16.9. The van der Waals surface area contributed by atoms with Crippen LogP contribution in [0.15, 0.2) is 79.6 Å². The molecule has 7 nitrogen and oxygen atoms in total. The summed E-state index contributed by atoms with van der Waals surface area (Å²) in [5.74, 6) is -0.131. The average Bonchev–Trinajstić information content (AvgIpc) is 3.42. The van der Waals surface area contributed by atoms with Gasteiger partial charge in [-0.1, -0.05) is 18.2 Å². The van der Waals surface area contributed by atoms with Crippen LogP contribution in [0.2, 0.25) is 0 Å². The number of carbonyl (C=O) groups excluding carboxylic acids is 1. The Labute approximate surface area is 156 Å². The number of hydrogen-bond donors (Lipinski definition) is 1. The second kappa shape index (κ2) is 7.25. The smallest absolute Gasteiger partial charge is 0.251 e. The molecule has 0 fully saturated rings. The fourth-order valence-corrected chi connectivity index (χ4v) is 2.95. The van der Waals surface area contributed by atoms with Crippen LogP contribution in [0.3, 0.4) is 0 Å². The Morgan fingerprint density at radius 1 is 1.00 bits per heavy atom. The monoisotopic (exact) mass is 358 g/mol. The van der Waals surface area contributed by atoms with Crippen LogP contribution in [-0.2, 0) is 0 Å². The van der Waals surface area contributed by atoms with E-state index in [4.69, 9.17) is 0 Å². The number of nitrogens with zero attached hydrogens (tertiary/aromatic N) is 5. The molecule has 27 heavy (non-hydrogen) atoms. The minimum Gasteiger partial charge on any atom is -0.345 e. The quantitative estimate of drug-likeness (QED) is 0.595. The van der Waals surface area contributed by atoms with Gasteiger partial charge in [-0.15, -0.1) is 10.2 Å². The predicted octanol–water partition coefficient (Wildman–Crippen LogP) is 2.94. The van der Waals surface area contributed by atoms with E-state index in [1.54, 1.807) is 40.2 Å². The van der Waals surface area contributed by atoms with Gasteiger partial charge in [-0.2, -0.15) is 5.10 Å². The molecule has 1 N–H and O–H groups in total. The number of amides is 1. The van der Waals surface area contributed by atoms with Crippen molar-refractivity contribution in [3.05, 3.63) is 90.8 Å². The summed E-state index contributed by atoms with van der Waals surface area (Å²) in [7, 11) is 0. The third-order valence-electron chi connectivity index (χ3n) is 4.35. The highest BCUT2D eigenvalue weighted by atomic mass is 16.1. The lowest BCUT2D eigenvalue weighted by Gasteiger charge is -2.18. The summed E-state index contributed by atoms with van der Waals surface area (Å²) in [4.78, 5) is 12.7. The number of rotatable bonds is 5. The van der Waals surface area contributed by atoms with E-state index in [1.807, 2.05) is 55.6 Å². The number of benzene rings is 2. The van der Waals surface area contributed by atoms with E-state index in [-0.39, 0.29) is 11.9 Å². The molecule has 0 spiro atoms. The Kier molecular flexibility index (Phi) is 4.49. The van der Waals surface area contributed by atoms with Crippen LogP contribution in [-0.4, -0.2) is 30.5 Å². The van der Waals surface area contributed by atoms with Crippen molar-refractivity contribution in [1.29, 1.82) is 0 Å². The van der Waals surface area contributed by atoms with Crippen molar-refractivity contribution in [3.8, 4) is 11.4 Å². The van der Waals surface area contributed by atoms with Crippen molar-refractivity contribution < 1.29 is 4.79 Å². The van der Waals surface area contributed by atoms with E-state index < -0.39 is 0 Å². The molecule has 0 bridgehead atoms. The van der Waals surface area contributed by atoms with Crippen molar-refractivity contribution in [3.63, 3.8) is 0 Å². The van der Waals surface area contributed by atoms with Crippen molar-refractivity contribution in [2.75, 3.05) is 0 Å². The lowest BCUT2D eigenvalue weighted by Crippen LogP contribution is -2.27. The molecule has 0 aliphatic rings. The van der Waals surface area contributed by atoms with Gasteiger partial charge in [0.2, 0.25) is 0 Å². The number of nitrogens with one attached hydrogen (secondary N) is 1. The van der Waals surface area contributed by atoms with E-state index in [1.165, 1.54) is 0 Å². The average molecular weight is 358 g/mol. The highest BCUT2D eigenvalue weighted by molar-refractivity contribution is 5.94. The van der Waals surface area contributed by atoms with Crippen LogP contribution in [0.1, 0.15) is 28.9 Å². The number of para-hydroxylation sites is 1. The number of hydrogen-bond acceptors (Lipinski definition) is 4. The van der Waals surface area contributed by atoms with Gasteiger partial charge in [0.25, 0.3) is 5.91 Å². The second-order valence-corrected chi connectivity index (χ2v) is 6.12. The topological polar surface area (TPSA) is 77.6 Å². The maximum atomic E-state index is 12.7. The van der Waals surface area contributed by atoms with Gasteiger partial charge in [-0.05, 0) is 48.9 Å². The van der Waals surface area contributed by atoms with E-state index in [0.717, 1.165) is 16.9 Å². The third-order valence-corrected chi connectivity index (χ3v) is 4.35. The first-order valence-corrected chi connectivity index (χ1v) is 8.57. The van der Waals surface area contributed by atoms with E-state index in [2.05, 4.69) is 20.6 Å². The number of aromatic nitrogens is 5. The zero-order chi connectivity index (χ0) is 18.6. The van der Waals surface area contributed by atoms with Gasteiger partial charge < -0.3 is 5.32 Å². The largest absolute Gasteiger partial charge is 0.345 e. The normalized spacial score (nSPS) is 11.9. The molecule has 1 amide bonds. The fraction of sp³-hybridized carbons (Fsp3) is 0.100. The highest BCUT2D eigenvalue weighted by Gasteiger charge is 2.15. The minimum atomic E-state index is -0.171. The van der Waals surface area contributed by atoms with Crippen LogP contribution in [0.4, 0.5) is 0 Å². The number of carbonyl (C=O) groups is 1. The van der Waals surface area contributed by atoms with Crippen molar-refractivity contribution in [1.82, 2.24) is 29.9 Å². The molecule has 0 saturated carbocycles. The fourth-order valence-electron chi connectivity index (χ4n) is 2.95. The standard InChI is InChI=1S/C20H18N6O/c1-15(18-5-2-3-6-19(18)26-12-4-11-23-26)24-20(27)16-7-9-17(10-8-16)25-13-21-22-14-25/h2-15H,1H3,(H,24,27)/t15-/m1/s1. The van der Waals surface area contributed by atoms with E-state index in [9.17, 15) is 4.79 Å². The van der Waals surface area contributed by atoms with Gasteiger partial charge in [0.05, 0.1) is 11.7 Å². The van der Waals surface area contributed by atoms with Crippen molar-refractivity contribution in [2.45, 2.75) is 13.0 Å². The summed E-state index contributed by atoms with van der Waals surface area (Å²) in [5.41, 5.74) is 3.43. The van der Waals surface area contributed by atoms with Crippen molar-refractivity contribution >= 4 is 5.91 Å². The summed E-state index contributed by atoms with van der Waals surface area (Å²) < 4.78 is 3.58. The lowest BCUT2D eigenvalue weighted by atomic mass is 10.1. The summed E-state index contributed by atoms with van der Waals surface area (Å²) in [5, 5.41) is 14.9. The minimum absolute atomic E-state index is 0.131. The Morgan fingerprint density at radius 3 is 2.44 bits per heavy atom. The maximum Gasteiger partial charge on any atom is 0.251 e. The van der Waals surface area contributed by atoms with Crippen molar-refractivity contribution in [2.24, 2.45) is 0 Å². The first-order valence-electron chi connectivity index (χ1n) is 8.57. The van der Waals surface area contributed by atoms with Crippen LogP contribution < -0.4 is 5.32 Å². The van der Waals surface area contributed by atoms with Gasteiger partial charge in [0.1, 0.15) is 12.7 Å². The predicted molar refractivity (Wildman–Crippen MR) is 101 cm³/mol. The Hall–Kier alpha value is -3.74. The van der Waals surface area contributed by atoms with Crippen LogP contribution in [0.25, 0.3) is 11.4 Å². The van der Waals surface area contributed by atoms with Gasteiger partial charge in [-0.3, -0.25) is 9.36 Å². The molecule has 7 heteroatoms. The van der Waals surface area contributed by atoms with Crippen LogP contribution in [0.5, 0.6) is 0 Å². The SMILES string of the molecule is C[C@@H](NC(=O)c1ccc(-n2cnnc2)cc1)c1ccccc1-n1cccn1. The molecule has 134 valence electrons. The molecule has 2 aromatic carbocycles. The molecule has 0 radical (unpaired) electrons. The van der Waals surface area contributed by atoms with Gasteiger partial charge in [0.15, 0.2) is 0 Å². The molecule has 2 heterocycles. The Morgan fingerprint density at radius 2 is 1.74 bits per heavy atom. The van der Waals surface area contributed by atoms with Gasteiger partial charge >= 0.3 is 0 Å². The zero-order valence-electron chi connectivity index (χ0n) is 14.7. The first kappa shape index (κ1) is 16.7. The molecule has 4 aromatic rings. The highest BCUT2D eigenvalue weighted by Crippen LogP contribution is 2.21. The molecule has 2 aromatic heterocycles. The molecule has 0 saturated heterocycles. The molecule has 0 aliphatic heterocycles. The third kappa shape index (κ3) is 3.48. The van der Waals surface area contributed by atoms with Gasteiger partial charge in [-0.25, -0.2) is 4.68 Å². The molecule has 1 atom stereocenters. The summed E-state index contributed by atoms with van der Waals surface area (Å²) >= 11 is 0. The molecule has 0 aliphatic carbocycles. The zero-order valence-corrected chi connectivity index (χ0v) is 14.7. The summed E-state index contributed by atoms with van der Waals surface area (Å²) in [6.07, 6.45) is 6.85. The van der Waals surface area contributed by atoms with E-state index in [0.29, 0.717) is 5.56 Å². The van der Waals surface area contributed by atoms with Crippen LogP contribution >= 0.6 is 0 Å². The van der Waals surface area contributed by atoms with Crippen LogP contribution in [0, 0.1) is 0 Å². The van der Waals surface area contributed by atoms with Gasteiger partial charge in [0, 0.05) is 23.6 Å². The van der Waals surface area contributed by atoms with E-state index >= 15 is 0 Å². The molecular weight excluding hydrogens is 340 g/mol. The second-order valence-electron chi connectivity index (χ2n) is 6.12. The summed E-state index contributed by atoms with van der Waals surface area (Å²) in [6.45, 7) is 1.96. The lowest BCUT2D eigenvalue weighted by molar-refractivity contribution is 0.0940. The molecule has 4 rings (SSSR count). The molecule has 0 unspecified atom stereocenters. The Bertz CT molecular complexity index is 1020. The first-order chi connectivity index (χ1) is 13.2. The Balaban J connectivity index is 1.52. The maximum absolute atomic E-state index is 12.7.